The van der Waals surface area contributed by atoms with Crippen LogP contribution in [-0.4, -0.2) is 0 Å². The third kappa shape index (κ3) is 3.98. The Morgan fingerprint density at radius 3 is 1.34 bits per heavy atom. The lowest BCUT2D eigenvalue weighted by Crippen LogP contribution is -2.27. The van der Waals surface area contributed by atoms with E-state index in [4.69, 9.17) is 8.39 Å². The van der Waals surface area contributed by atoms with Gasteiger partial charge >= 0.3 is 8.16 Å². The van der Waals surface area contributed by atoms with Gasteiger partial charge in [0.25, 0.3) is 0 Å². The number of nitrogens with zero attached hydrogens (tertiary/aromatic N) is 1. The molecule has 3 nitrogen and oxygen atoms in total. The minimum absolute atomic E-state index is 0.0925. The molecule has 0 aliphatic rings. The van der Waals surface area contributed by atoms with E-state index in [-0.39, 0.29) is 12.1 Å². The molecule has 0 aliphatic heterocycles. The average Bonchev–Trinajstić information content (AvgIpc) is 3.02. The molecule has 0 saturated heterocycles. The zero-order valence-corrected chi connectivity index (χ0v) is 19.2. The summed E-state index contributed by atoms with van der Waals surface area (Å²) in [5, 5.41) is 2.13. The fourth-order valence-electron chi connectivity index (χ4n) is 4.21. The van der Waals surface area contributed by atoms with Crippen LogP contribution in [0.25, 0.3) is 21.9 Å². The van der Waals surface area contributed by atoms with E-state index in [9.17, 15) is 0 Å². The molecule has 0 bridgehead atoms. The van der Waals surface area contributed by atoms with Crippen molar-refractivity contribution in [2.75, 3.05) is 4.67 Å². The predicted octanol–water partition coefficient (Wildman–Crippen LogP) is 8.75. The normalized spacial score (nSPS) is 13.3. The van der Waals surface area contributed by atoms with Crippen LogP contribution in [0, 0.1) is 0 Å². The Labute approximate surface area is 189 Å². The van der Waals surface area contributed by atoms with Crippen molar-refractivity contribution in [2.24, 2.45) is 0 Å². The molecule has 0 fully saturated rings. The molecule has 0 spiro atoms. The van der Waals surface area contributed by atoms with E-state index >= 15 is 0 Å². The first-order valence-electron chi connectivity index (χ1n) is 10.9. The van der Waals surface area contributed by atoms with Crippen molar-refractivity contribution >= 4 is 30.1 Å². The molecule has 1 aromatic heterocycles. The van der Waals surface area contributed by atoms with E-state index in [0.29, 0.717) is 0 Å². The third-order valence-corrected chi connectivity index (χ3v) is 7.74. The van der Waals surface area contributed by atoms with Crippen LogP contribution < -0.4 is 4.67 Å². The molecule has 2 unspecified atom stereocenters. The third-order valence-electron chi connectivity index (χ3n) is 5.96. The minimum Gasteiger partial charge on any atom is -0.408 e. The number of hydrogen-bond acceptors (Lipinski definition) is 3. The van der Waals surface area contributed by atoms with Crippen molar-refractivity contribution < 1.29 is 8.39 Å². The number of benzene rings is 4. The van der Waals surface area contributed by atoms with Crippen molar-refractivity contribution in [1.82, 2.24) is 0 Å². The standard InChI is InChI=1S/C28H26NO2P/c1-21(23-13-5-3-6-14-23)29(22(2)24-15-7-4-8-16-24)32-30-27-19-11-9-17-25(27)26-18-10-12-20-28(26)31-32/h3-22H,1-2H3. The highest BCUT2D eigenvalue weighted by atomic mass is 31.1. The maximum Gasteiger partial charge on any atom is 0.310 e. The molecule has 1 heterocycles. The van der Waals surface area contributed by atoms with Gasteiger partial charge in [-0.05, 0) is 37.1 Å². The maximum atomic E-state index is 6.66. The first-order valence-corrected chi connectivity index (χ1v) is 12.1. The second kappa shape index (κ2) is 9.08. The quantitative estimate of drug-likeness (QED) is 0.274. The van der Waals surface area contributed by atoms with Gasteiger partial charge in [-0.25, -0.2) is 0 Å². The average molecular weight is 439 g/mol. The Morgan fingerprint density at radius 1 is 0.531 bits per heavy atom. The zero-order chi connectivity index (χ0) is 21.9. The summed E-state index contributed by atoms with van der Waals surface area (Å²) in [7, 11) is -1.43. The molecule has 0 radical (unpaired) electrons. The van der Waals surface area contributed by atoms with Gasteiger partial charge < -0.3 is 8.39 Å². The van der Waals surface area contributed by atoms with Crippen LogP contribution in [0.3, 0.4) is 0 Å². The van der Waals surface area contributed by atoms with Crippen LogP contribution in [0.4, 0.5) is 0 Å². The molecule has 0 aliphatic carbocycles. The Hall–Kier alpha value is -3.26. The van der Waals surface area contributed by atoms with Crippen LogP contribution in [0.5, 0.6) is 0 Å². The summed E-state index contributed by atoms with van der Waals surface area (Å²) in [6.45, 7) is 4.46. The molecule has 5 rings (SSSR count). The van der Waals surface area contributed by atoms with Gasteiger partial charge in [-0.3, -0.25) is 0 Å². The first kappa shape index (κ1) is 20.6. The molecule has 32 heavy (non-hydrogen) atoms. The Balaban J connectivity index is 1.77. The van der Waals surface area contributed by atoms with Gasteiger partial charge in [0.1, 0.15) is 11.2 Å². The Bertz CT molecular complexity index is 1260. The van der Waals surface area contributed by atoms with Gasteiger partial charge in [0.15, 0.2) is 0 Å². The molecule has 0 saturated carbocycles. The van der Waals surface area contributed by atoms with E-state index in [1.165, 1.54) is 11.1 Å². The highest BCUT2D eigenvalue weighted by molar-refractivity contribution is 7.39. The van der Waals surface area contributed by atoms with Gasteiger partial charge in [0.05, 0.1) is 0 Å². The van der Waals surface area contributed by atoms with Crippen LogP contribution in [0.15, 0.2) is 118 Å². The highest BCUT2D eigenvalue weighted by Crippen LogP contribution is 2.45. The van der Waals surface area contributed by atoms with Crippen molar-refractivity contribution in [3.63, 3.8) is 0 Å². The number of rotatable bonds is 5. The molecule has 0 N–H and O–H groups in total. The maximum absolute atomic E-state index is 6.66. The Morgan fingerprint density at radius 2 is 0.906 bits per heavy atom. The van der Waals surface area contributed by atoms with E-state index in [2.05, 4.69) is 91.3 Å². The van der Waals surface area contributed by atoms with Gasteiger partial charge in [-0.15, -0.1) is 0 Å². The molecular formula is C28H26NO2P. The molecule has 4 aromatic carbocycles. The lowest BCUT2D eigenvalue weighted by Gasteiger charge is -2.31. The van der Waals surface area contributed by atoms with E-state index in [1.54, 1.807) is 0 Å². The van der Waals surface area contributed by atoms with Crippen molar-refractivity contribution in [2.45, 2.75) is 25.9 Å². The van der Waals surface area contributed by atoms with E-state index < -0.39 is 8.16 Å². The summed E-state index contributed by atoms with van der Waals surface area (Å²) in [6.07, 6.45) is 0. The second-order valence-electron chi connectivity index (χ2n) is 7.97. The largest absolute Gasteiger partial charge is 0.408 e. The summed E-state index contributed by atoms with van der Waals surface area (Å²) in [6, 6.07) is 37.7. The van der Waals surface area contributed by atoms with Crippen LogP contribution in [-0.2, 0) is 0 Å². The molecule has 0 amide bonds. The second-order valence-corrected chi connectivity index (χ2v) is 9.27. The van der Waals surface area contributed by atoms with Crippen molar-refractivity contribution in [3.05, 3.63) is 120 Å². The molecular weight excluding hydrogens is 413 g/mol. The fourth-order valence-corrected chi connectivity index (χ4v) is 5.92. The monoisotopic (exact) mass is 439 g/mol. The molecule has 160 valence electrons. The lowest BCUT2D eigenvalue weighted by atomic mass is 10.0. The zero-order valence-electron chi connectivity index (χ0n) is 18.3. The molecule has 2 atom stereocenters. The van der Waals surface area contributed by atoms with Crippen LogP contribution >= 0.6 is 8.16 Å². The molecule has 4 heteroatoms. The predicted molar refractivity (Wildman–Crippen MR) is 134 cm³/mol. The first-order chi connectivity index (χ1) is 15.7. The summed E-state index contributed by atoms with van der Waals surface area (Å²) < 4.78 is 15.7. The fraction of sp³-hybridized carbons (Fsp3) is 0.143. The topological polar surface area (TPSA) is 29.5 Å². The SMILES string of the molecule is CC(c1ccccc1)N(C(C)c1ccccc1)p1oc2ccccc2c2ccccc2o1. The molecule has 5 aromatic rings. The summed E-state index contributed by atoms with van der Waals surface area (Å²) in [5.41, 5.74) is 4.18. The summed E-state index contributed by atoms with van der Waals surface area (Å²) in [5.74, 6) is 0. The van der Waals surface area contributed by atoms with Crippen LogP contribution in [0.2, 0.25) is 0 Å². The van der Waals surface area contributed by atoms with E-state index in [0.717, 1.165) is 21.9 Å². The Kier molecular flexibility index (Phi) is 5.85. The summed E-state index contributed by atoms with van der Waals surface area (Å²) >= 11 is 0. The van der Waals surface area contributed by atoms with Crippen molar-refractivity contribution in [1.29, 1.82) is 0 Å². The minimum atomic E-state index is -1.43. The van der Waals surface area contributed by atoms with Gasteiger partial charge in [-0.2, -0.15) is 4.67 Å². The highest BCUT2D eigenvalue weighted by Gasteiger charge is 2.28. The summed E-state index contributed by atoms with van der Waals surface area (Å²) in [4.78, 5) is 0. The van der Waals surface area contributed by atoms with Crippen LogP contribution in [0.1, 0.15) is 37.1 Å². The lowest BCUT2D eigenvalue weighted by molar-refractivity contribution is 0.558. The number of fused-ring (bicyclic) bond motifs is 3. The van der Waals surface area contributed by atoms with Gasteiger partial charge in [0, 0.05) is 22.9 Å². The smallest absolute Gasteiger partial charge is 0.310 e. The number of para-hydroxylation sites is 2. The number of hydrogen-bond donors (Lipinski definition) is 0. The van der Waals surface area contributed by atoms with Gasteiger partial charge in [0.2, 0.25) is 0 Å². The van der Waals surface area contributed by atoms with Gasteiger partial charge in [-0.1, -0.05) is 97.1 Å². The van der Waals surface area contributed by atoms with Crippen molar-refractivity contribution in [3.8, 4) is 0 Å². The van der Waals surface area contributed by atoms with E-state index in [1.807, 2.05) is 36.4 Å².